The minimum absolute atomic E-state index is 0.123. The molecule has 112 valence electrons. The molecule has 0 aromatic carbocycles. The minimum Gasteiger partial charge on any atom is -0.463 e. The quantitative estimate of drug-likeness (QED) is 0.821. The van der Waals surface area contributed by atoms with Crippen LogP contribution in [0, 0.1) is 6.92 Å². The van der Waals surface area contributed by atoms with E-state index in [4.69, 9.17) is 4.74 Å². The van der Waals surface area contributed by atoms with Gasteiger partial charge in [-0.2, -0.15) is 0 Å². The molecule has 1 heterocycles. The zero-order chi connectivity index (χ0) is 15.1. The monoisotopic (exact) mass is 298 g/mol. The molecule has 0 radical (unpaired) electrons. The van der Waals surface area contributed by atoms with Crippen molar-refractivity contribution in [1.29, 1.82) is 0 Å². The molecule has 0 aliphatic rings. The number of rotatable bonds is 6. The number of amides is 2. The van der Waals surface area contributed by atoms with E-state index in [2.05, 4.69) is 5.32 Å². The van der Waals surface area contributed by atoms with Gasteiger partial charge >= 0.3 is 12.0 Å². The van der Waals surface area contributed by atoms with E-state index in [1.54, 1.807) is 37.1 Å². The lowest BCUT2D eigenvalue weighted by Gasteiger charge is -2.17. The summed E-state index contributed by atoms with van der Waals surface area (Å²) in [5.41, 5.74) is 1.19. The molecule has 0 atom stereocenters. The Morgan fingerprint density at radius 1 is 1.45 bits per heavy atom. The number of aryl methyl sites for hydroxylation is 1. The molecule has 0 unspecified atom stereocenters. The normalized spacial score (nSPS) is 10.4. The Balaban J connectivity index is 2.29. The predicted octanol–water partition coefficient (Wildman–Crippen LogP) is 2.54. The van der Waals surface area contributed by atoms with Gasteiger partial charge in [0.2, 0.25) is 0 Å². The number of thiophene rings is 1. The number of nitrogens with zero attached hydrogens (tertiary/aromatic N) is 1. The summed E-state index contributed by atoms with van der Waals surface area (Å²) in [4.78, 5) is 25.9. The summed E-state index contributed by atoms with van der Waals surface area (Å²) in [6, 6.07) is 1.85. The molecular formula is C14H22N2O3S. The first kappa shape index (κ1) is 16.5. The van der Waals surface area contributed by atoms with Crippen molar-refractivity contribution in [2.24, 2.45) is 0 Å². The fraction of sp³-hybridized carbons (Fsp3) is 0.571. The van der Waals surface area contributed by atoms with Crippen molar-refractivity contribution in [1.82, 2.24) is 10.2 Å². The third-order valence-electron chi connectivity index (χ3n) is 2.67. The number of carbonyl (C=O) groups excluding carboxylic acids is 2. The highest BCUT2D eigenvalue weighted by atomic mass is 32.1. The summed E-state index contributed by atoms with van der Waals surface area (Å²) < 4.78 is 4.99. The summed E-state index contributed by atoms with van der Waals surface area (Å²) in [6.07, 6.45) is 0.0677. The van der Waals surface area contributed by atoms with Gasteiger partial charge in [0.05, 0.1) is 19.1 Å². The second-order valence-corrected chi connectivity index (χ2v) is 5.90. The summed E-state index contributed by atoms with van der Waals surface area (Å²) in [6.45, 7) is 6.49. The number of hydrogen-bond donors (Lipinski definition) is 1. The molecular weight excluding hydrogens is 276 g/mol. The minimum atomic E-state index is -0.294. The Morgan fingerprint density at radius 2 is 2.15 bits per heavy atom. The van der Waals surface area contributed by atoms with E-state index in [1.165, 1.54) is 10.4 Å². The predicted molar refractivity (Wildman–Crippen MR) is 79.8 cm³/mol. The molecule has 0 spiro atoms. The molecule has 6 heteroatoms. The standard InChI is InChI=1S/C14H22N2O3S/c1-10(2)19-13(17)5-7-15-14(18)16(4)9-12-11(3)6-8-20-12/h6,8,10H,5,7,9H2,1-4H3,(H,15,18). The highest BCUT2D eigenvalue weighted by Crippen LogP contribution is 2.17. The van der Waals surface area contributed by atoms with Crippen LogP contribution in [0.3, 0.4) is 0 Å². The van der Waals surface area contributed by atoms with Gasteiger partial charge in [-0.15, -0.1) is 11.3 Å². The van der Waals surface area contributed by atoms with E-state index in [0.717, 1.165) is 0 Å². The van der Waals surface area contributed by atoms with E-state index in [-0.39, 0.29) is 31.1 Å². The first-order chi connectivity index (χ1) is 9.40. The lowest BCUT2D eigenvalue weighted by atomic mass is 10.3. The van der Waals surface area contributed by atoms with Crippen LogP contribution in [0.5, 0.6) is 0 Å². The lowest BCUT2D eigenvalue weighted by molar-refractivity contribution is -0.147. The maximum Gasteiger partial charge on any atom is 0.317 e. The van der Waals surface area contributed by atoms with Crippen molar-refractivity contribution in [2.45, 2.75) is 39.8 Å². The van der Waals surface area contributed by atoms with Gasteiger partial charge in [0.1, 0.15) is 0 Å². The second-order valence-electron chi connectivity index (χ2n) is 4.90. The average molecular weight is 298 g/mol. The van der Waals surface area contributed by atoms with Crippen LogP contribution in [0.2, 0.25) is 0 Å². The highest BCUT2D eigenvalue weighted by Gasteiger charge is 2.12. The molecule has 2 amide bonds. The zero-order valence-electron chi connectivity index (χ0n) is 12.4. The Hall–Kier alpha value is -1.56. The molecule has 0 aliphatic carbocycles. The molecule has 1 rings (SSSR count). The number of esters is 1. The maximum absolute atomic E-state index is 11.9. The lowest BCUT2D eigenvalue weighted by Crippen LogP contribution is -2.37. The molecule has 20 heavy (non-hydrogen) atoms. The summed E-state index contributed by atoms with van der Waals surface area (Å²) in [7, 11) is 1.74. The number of urea groups is 1. The number of nitrogens with one attached hydrogen (secondary N) is 1. The SMILES string of the molecule is Cc1ccsc1CN(C)C(=O)NCCC(=O)OC(C)C. The first-order valence-corrected chi connectivity index (χ1v) is 7.49. The van der Waals surface area contributed by atoms with Crippen molar-refractivity contribution < 1.29 is 14.3 Å². The summed E-state index contributed by atoms with van der Waals surface area (Å²) >= 11 is 1.64. The molecule has 0 bridgehead atoms. The zero-order valence-corrected chi connectivity index (χ0v) is 13.3. The van der Waals surface area contributed by atoms with E-state index < -0.39 is 0 Å². The third-order valence-corrected chi connectivity index (χ3v) is 3.68. The number of ether oxygens (including phenoxy) is 1. The Kier molecular flexibility index (Phi) is 6.51. The van der Waals surface area contributed by atoms with E-state index in [9.17, 15) is 9.59 Å². The Labute approximate surface area is 123 Å². The van der Waals surface area contributed by atoms with Crippen molar-refractivity contribution in [3.8, 4) is 0 Å². The topological polar surface area (TPSA) is 58.6 Å². The maximum atomic E-state index is 11.9. The molecule has 5 nitrogen and oxygen atoms in total. The van der Waals surface area contributed by atoms with Crippen molar-refractivity contribution in [2.75, 3.05) is 13.6 Å². The van der Waals surface area contributed by atoms with Gasteiger partial charge in [-0.25, -0.2) is 4.79 Å². The van der Waals surface area contributed by atoms with Crippen LogP contribution in [0.15, 0.2) is 11.4 Å². The van der Waals surface area contributed by atoms with Crippen LogP contribution >= 0.6 is 11.3 Å². The van der Waals surface area contributed by atoms with Crippen LogP contribution in [0.1, 0.15) is 30.7 Å². The fourth-order valence-electron chi connectivity index (χ4n) is 1.58. The van der Waals surface area contributed by atoms with E-state index in [1.807, 2.05) is 18.4 Å². The van der Waals surface area contributed by atoms with Gasteiger partial charge in [-0.05, 0) is 37.8 Å². The molecule has 0 fully saturated rings. The highest BCUT2D eigenvalue weighted by molar-refractivity contribution is 7.10. The van der Waals surface area contributed by atoms with E-state index >= 15 is 0 Å². The summed E-state index contributed by atoms with van der Waals surface area (Å²) in [5.74, 6) is -0.294. The van der Waals surface area contributed by atoms with Crippen molar-refractivity contribution in [3.05, 3.63) is 21.9 Å². The molecule has 1 N–H and O–H groups in total. The largest absolute Gasteiger partial charge is 0.463 e. The first-order valence-electron chi connectivity index (χ1n) is 6.61. The van der Waals surface area contributed by atoms with Crippen LogP contribution in [0.4, 0.5) is 4.79 Å². The van der Waals surface area contributed by atoms with Crippen LogP contribution < -0.4 is 5.32 Å². The number of hydrogen-bond acceptors (Lipinski definition) is 4. The molecule has 1 aromatic rings. The third kappa shape index (κ3) is 5.61. The van der Waals surface area contributed by atoms with Gasteiger partial charge in [-0.3, -0.25) is 4.79 Å². The van der Waals surface area contributed by atoms with Gasteiger partial charge in [0.15, 0.2) is 0 Å². The number of carbonyl (C=O) groups is 2. The molecule has 1 aromatic heterocycles. The van der Waals surface area contributed by atoms with E-state index in [0.29, 0.717) is 6.54 Å². The fourth-order valence-corrected chi connectivity index (χ4v) is 2.54. The van der Waals surface area contributed by atoms with Crippen LogP contribution in [-0.4, -0.2) is 36.6 Å². The van der Waals surface area contributed by atoms with Crippen LogP contribution in [0.25, 0.3) is 0 Å². The summed E-state index contributed by atoms with van der Waals surface area (Å²) in [5, 5.41) is 4.72. The Morgan fingerprint density at radius 3 is 2.70 bits per heavy atom. The van der Waals surface area contributed by atoms with Gasteiger partial charge < -0.3 is 15.0 Å². The molecule has 0 saturated carbocycles. The Bertz CT molecular complexity index is 457. The molecule has 0 saturated heterocycles. The van der Waals surface area contributed by atoms with Crippen molar-refractivity contribution >= 4 is 23.3 Å². The molecule has 0 aliphatic heterocycles. The van der Waals surface area contributed by atoms with Crippen LogP contribution in [-0.2, 0) is 16.1 Å². The van der Waals surface area contributed by atoms with Crippen molar-refractivity contribution in [3.63, 3.8) is 0 Å². The smallest absolute Gasteiger partial charge is 0.317 e. The van der Waals surface area contributed by atoms with Gasteiger partial charge in [0.25, 0.3) is 0 Å². The average Bonchev–Trinajstić information content (AvgIpc) is 2.73. The second kappa shape index (κ2) is 7.89. The van der Waals surface area contributed by atoms with Gasteiger partial charge in [0, 0.05) is 18.5 Å². The van der Waals surface area contributed by atoms with Gasteiger partial charge in [-0.1, -0.05) is 0 Å².